The van der Waals surface area contributed by atoms with Crippen molar-refractivity contribution in [1.29, 1.82) is 0 Å². The Balaban J connectivity index is 2.19. The molecule has 0 bridgehead atoms. The fraction of sp³-hybridized carbons (Fsp3) is 0.583. The fourth-order valence-corrected chi connectivity index (χ4v) is 2.39. The molecule has 0 amide bonds. The van der Waals surface area contributed by atoms with Crippen LogP contribution in [-0.4, -0.2) is 46.7 Å². The van der Waals surface area contributed by atoms with Crippen LogP contribution in [0.15, 0.2) is 21.8 Å². The monoisotopic (exact) mass is 313 g/mol. The van der Waals surface area contributed by atoms with Crippen LogP contribution >= 0.6 is 0 Å². The van der Waals surface area contributed by atoms with Crippen LogP contribution in [0.1, 0.15) is 32.5 Å². The van der Waals surface area contributed by atoms with E-state index in [0.717, 1.165) is 4.31 Å². The first kappa shape index (κ1) is 15.6. The van der Waals surface area contributed by atoms with Gasteiger partial charge in [0.2, 0.25) is 15.9 Å². The zero-order valence-corrected chi connectivity index (χ0v) is 13.5. The lowest BCUT2D eigenvalue weighted by Crippen LogP contribution is -2.21. The first-order chi connectivity index (χ1) is 9.60. The van der Waals surface area contributed by atoms with E-state index in [1.807, 2.05) is 20.8 Å². The number of aromatic nitrogens is 4. The summed E-state index contributed by atoms with van der Waals surface area (Å²) in [5, 5.41) is 7.93. The predicted molar refractivity (Wildman–Crippen MR) is 75.2 cm³/mol. The van der Waals surface area contributed by atoms with E-state index < -0.39 is 10.0 Å². The molecule has 9 heteroatoms. The lowest BCUT2D eigenvalue weighted by Gasteiger charge is -2.10. The second kappa shape index (κ2) is 5.23. The molecule has 0 N–H and O–H groups in total. The Morgan fingerprint density at radius 3 is 2.52 bits per heavy atom. The molecule has 0 fully saturated rings. The Hall–Kier alpha value is -1.74. The third-order valence-electron chi connectivity index (χ3n) is 2.82. The summed E-state index contributed by atoms with van der Waals surface area (Å²) < 4.78 is 31.7. The molecule has 2 heterocycles. The van der Waals surface area contributed by atoms with Gasteiger partial charge in [-0.3, -0.25) is 4.68 Å². The molecule has 0 unspecified atom stereocenters. The standard InChI is InChI=1S/C12H19N5O3S/c1-12(2,3)11-14-10(20-15-11)8-17-7-9(6-13-17)21(18,19)16(4)5/h6-7H,8H2,1-5H3. The van der Waals surface area contributed by atoms with Gasteiger partial charge in [-0.15, -0.1) is 0 Å². The molecular weight excluding hydrogens is 294 g/mol. The predicted octanol–water partition coefficient (Wildman–Crippen LogP) is 0.862. The molecule has 0 spiro atoms. The highest BCUT2D eigenvalue weighted by atomic mass is 32.2. The maximum absolute atomic E-state index is 12.0. The summed E-state index contributed by atoms with van der Waals surface area (Å²) in [5.41, 5.74) is -0.203. The molecule has 0 aromatic carbocycles. The smallest absolute Gasteiger partial charge is 0.248 e. The van der Waals surface area contributed by atoms with Crippen molar-refractivity contribution in [2.24, 2.45) is 0 Å². The maximum Gasteiger partial charge on any atom is 0.248 e. The summed E-state index contributed by atoms with van der Waals surface area (Å²) in [5.74, 6) is 0.989. The summed E-state index contributed by atoms with van der Waals surface area (Å²) in [6, 6.07) is 0. The summed E-state index contributed by atoms with van der Waals surface area (Å²) in [6.07, 6.45) is 2.74. The Kier molecular flexibility index (Phi) is 3.89. The first-order valence-electron chi connectivity index (χ1n) is 6.39. The molecule has 8 nitrogen and oxygen atoms in total. The van der Waals surface area contributed by atoms with Gasteiger partial charge in [0.15, 0.2) is 5.82 Å². The molecule has 0 atom stereocenters. The van der Waals surface area contributed by atoms with Crippen LogP contribution in [0.25, 0.3) is 0 Å². The second-order valence-corrected chi connectivity index (χ2v) is 8.07. The minimum Gasteiger partial charge on any atom is -0.337 e. The van der Waals surface area contributed by atoms with E-state index in [4.69, 9.17) is 4.52 Å². The quantitative estimate of drug-likeness (QED) is 0.831. The number of nitrogens with zero attached hydrogens (tertiary/aromatic N) is 5. The van der Waals surface area contributed by atoms with E-state index in [-0.39, 0.29) is 16.9 Å². The molecule has 0 aliphatic rings. The van der Waals surface area contributed by atoms with Gasteiger partial charge in [-0.25, -0.2) is 12.7 Å². The maximum atomic E-state index is 12.0. The Labute approximate surface area is 123 Å². The topological polar surface area (TPSA) is 94.1 Å². The van der Waals surface area contributed by atoms with Gasteiger partial charge in [-0.1, -0.05) is 25.9 Å². The molecule has 0 saturated carbocycles. The number of rotatable bonds is 4. The number of hydrogen-bond acceptors (Lipinski definition) is 6. The second-order valence-electron chi connectivity index (χ2n) is 5.92. The lowest BCUT2D eigenvalue weighted by atomic mass is 9.96. The van der Waals surface area contributed by atoms with E-state index in [0.29, 0.717) is 11.7 Å². The van der Waals surface area contributed by atoms with E-state index in [2.05, 4.69) is 15.2 Å². The van der Waals surface area contributed by atoms with Crippen molar-refractivity contribution >= 4 is 10.0 Å². The molecule has 0 aliphatic heterocycles. The lowest BCUT2D eigenvalue weighted by molar-refractivity contribution is 0.353. The molecule has 116 valence electrons. The van der Waals surface area contributed by atoms with Crippen molar-refractivity contribution in [3.8, 4) is 0 Å². The molecule has 2 rings (SSSR count). The van der Waals surface area contributed by atoms with Gasteiger partial charge in [0.05, 0.1) is 6.20 Å². The van der Waals surface area contributed by atoms with Crippen LogP contribution < -0.4 is 0 Å². The largest absolute Gasteiger partial charge is 0.337 e. The Bertz CT molecular complexity index is 724. The molecule has 2 aromatic rings. The van der Waals surface area contributed by atoms with E-state index in [9.17, 15) is 8.42 Å². The van der Waals surface area contributed by atoms with Crippen molar-refractivity contribution in [2.45, 2.75) is 37.6 Å². The van der Waals surface area contributed by atoms with Gasteiger partial charge in [0, 0.05) is 25.7 Å². The summed E-state index contributed by atoms with van der Waals surface area (Å²) in [6.45, 7) is 6.18. The van der Waals surface area contributed by atoms with E-state index in [1.54, 1.807) is 0 Å². The third kappa shape index (κ3) is 3.30. The van der Waals surface area contributed by atoms with Gasteiger partial charge in [0.1, 0.15) is 11.4 Å². The average Bonchev–Trinajstić information content (AvgIpc) is 2.97. The molecule has 0 aliphatic carbocycles. The zero-order valence-electron chi connectivity index (χ0n) is 12.7. The highest BCUT2D eigenvalue weighted by Gasteiger charge is 2.22. The number of sulfonamides is 1. The molecule has 0 saturated heterocycles. The minimum atomic E-state index is -3.48. The van der Waals surface area contributed by atoms with Crippen molar-refractivity contribution < 1.29 is 12.9 Å². The third-order valence-corrected chi connectivity index (χ3v) is 4.59. The van der Waals surface area contributed by atoms with Gasteiger partial charge in [-0.2, -0.15) is 10.1 Å². The van der Waals surface area contributed by atoms with Crippen LogP contribution in [0.5, 0.6) is 0 Å². The van der Waals surface area contributed by atoms with Crippen LogP contribution in [0.2, 0.25) is 0 Å². The summed E-state index contributed by atoms with van der Waals surface area (Å²) >= 11 is 0. The van der Waals surface area contributed by atoms with Crippen LogP contribution in [0.3, 0.4) is 0 Å². The normalized spacial score (nSPS) is 13.0. The van der Waals surface area contributed by atoms with Crippen molar-refractivity contribution in [2.75, 3.05) is 14.1 Å². The van der Waals surface area contributed by atoms with Crippen molar-refractivity contribution in [3.05, 3.63) is 24.1 Å². The SMILES string of the molecule is CN(C)S(=O)(=O)c1cnn(Cc2nc(C(C)(C)C)no2)c1. The van der Waals surface area contributed by atoms with Crippen LogP contribution in [0.4, 0.5) is 0 Å². The fourth-order valence-electron chi connectivity index (χ4n) is 1.54. The van der Waals surface area contributed by atoms with Crippen LogP contribution in [0, 0.1) is 0 Å². The molecule has 0 radical (unpaired) electrons. The molecular formula is C12H19N5O3S. The van der Waals surface area contributed by atoms with Gasteiger partial charge < -0.3 is 4.52 Å². The van der Waals surface area contributed by atoms with Gasteiger partial charge in [-0.05, 0) is 0 Å². The Morgan fingerprint density at radius 1 is 1.33 bits per heavy atom. The molecule has 21 heavy (non-hydrogen) atoms. The minimum absolute atomic E-state index is 0.128. The average molecular weight is 313 g/mol. The summed E-state index contributed by atoms with van der Waals surface area (Å²) in [4.78, 5) is 4.41. The highest BCUT2D eigenvalue weighted by Crippen LogP contribution is 2.19. The summed E-state index contributed by atoms with van der Waals surface area (Å²) in [7, 11) is -0.538. The van der Waals surface area contributed by atoms with E-state index in [1.165, 1.54) is 31.2 Å². The highest BCUT2D eigenvalue weighted by molar-refractivity contribution is 7.89. The molecule has 2 aromatic heterocycles. The first-order valence-corrected chi connectivity index (χ1v) is 7.83. The van der Waals surface area contributed by atoms with Crippen molar-refractivity contribution in [1.82, 2.24) is 24.2 Å². The Morgan fingerprint density at radius 2 is 2.00 bits per heavy atom. The van der Waals surface area contributed by atoms with Gasteiger partial charge in [0.25, 0.3) is 0 Å². The van der Waals surface area contributed by atoms with Crippen LogP contribution in [-0.2, 0) is 22.0 Å². The number of hydrogen-bond donors (Lipinski definition) is 0. The zero-order chi connectivity index (χ0) is 15.8. The van der Waals surface area contributed by atoms with Gasteiger partial charge >= 0.3 is 0 Å². The van der Waals surface area contributed by atoms with Crippen molar-refractivity contribution in [3.63, 3.8) is 0 Å². The van der Waals surface area contributed by atoms with E-state index >= 15 is 0 Å².